The summed E-state index contributed by atoms with van der Waals surface area (Å²) in [6, 6.07) is 14.2. The first-order chi connectivity index (χ1) is 9.90. The van der Waals surface area contributed by atoms with E-state index in [0.29, 0.717) is 19.8 Å². The molecule has 1 unspecified atom stereocenters. The fraction of sp³-hybridized carbons (Fsp3) is 0.250. The molecular weight excluding hydrogens is 254 g/mol. The maximum atomic E-state index is 5.80. The van der Waals surface area contributed by atoms with Gasteiger partial charge in [0.2, 0.25) is 0 Å². The summed E-state index contributed by atoms with van der Waals surface area (Å²) in [5.74, 6) is 2.54. The molecule has 0 fully saturated rings. The number of nitrogens with one attached hydrogen (secondary N) is 1. The van der Waals surface area contributed by atoms with Gasteiger partial charge in [-0.15, -0.1) is 0 Å². The van der Waals surface area contributed by atoms with Gasteiger partial charge in [0.25, 0.3) is 0 Å². The standard InChI is InChI=1S/C16H15NO3/c1-2-4-14-12(3-1)17-13(10-20-14)11-5-6-15-16(9-11)19-8-7-18-15/h1-6,9,13,17H,7-8,10H2. The molecule has 0 saturated carbocycles. The Kier molecular flexibility index (Phi) is 2.66. The number of fused-ring (bicyclic) bond motifs is 2. The van der Waals surface area contributed by atoms with Crippen molar-refractivity contribution in [2.75, 3.05) is 25.1 Å². The van der Waals surface area contributed by atoms with Gasteiger partial charge in [-0.3, -0.25) is 0 Å². The molecule has 4 rings (SSSR count). The number of hydrogen-bond acceptors (Lipinski definition) is 4. The maximum absolute atomic E-state index is 5.80. The number of benzene rings is 2. The van der Waals surface area contributed by atoms with E-state index in [0.717, 1.165) is 28.5 Å². The van der Waals surface area contributed by atoms with Crippen LogP contribution in [0, 0.1) is 0 Å². The fourth-order valence-corrected chi connectivity index (χ4v) is 2.57. The van der Waals surface area contributed by atoms with Gasteiger partial charge in [0.15, 0.2) is 11.5 Å². The molecule has 0 bridgehead atoms. The third kappa shape index (κ3) is 1.93. The van der Waals surface area contributed by atoms with Gasteiger partial charge in [-0.05, 0) is 29.8 Å². The molecule has 2 aromatic rings. The largest absolute Gasteiger partial charge is 0.489 e. The van der Waals surface area contributed by atoms with E-state index in [1.807, 2.05) is 36.4 Å². The van der Waals surface area contributed by atoms with Crippen LogP contribution in [-0.4, -0.2) is 19.8 Å². The van der Waals surface area contributed by atoms with Crippen LogP contribution in [0.25, 0.3) is 0 Å². The lowest BCUT2D eigenvalue weighted by atomic mass is 10.0. The normalized spacial score (nSPS) is 19.5. The molecule has 4 heteroatoms. The van der Waals surface area contributed by atoms with E-state index in [2.05, 4.69) is 11.4 Å². The van der Waals surface area contributed by atoms with Crippen LogP contribution in [0.15, 0.2) is 42.5 Å². The summed E-state index contributed by atoms with van der Waals surface area (Å²) in [5, 5.41) is 3.50. The van der Waals surface area contributed by atoms with Crippen molar-refractivity contribution in [3.63, 3.8) is 0 Å². The number of rotatable bonds is 1. The Morgan fingerprint density at radius 1 is 0.850 bits per heavy atom. The van der Waals surface area contributed by atoms with Crippen LogP contribution in [0.1, 0.15) is 11.6 Å². The van der Waals surface area contributed by atoms with Crippen LogP contribution in [0.3, 0.4) is 0 Å². The van der Waals surface area contributed by atoms with Crippen LogP contribution in [0.5, 0.6) is 17.2 Å². The number of anilines is 1. The third-order valence-corrected chi connectivity index (χ3v) is 3.59. The molecule has 1 atom stereocenters. The third-order valence-electron chi connectivity index (χ3n) is 3.59. The monoisotopic (exact) mass is 269 g/mol. The smallest absolute Gasteiger partial charge is 0.161 e. The van der Waals surface area contributed by atoms with Crippen molar-refractivity contribution in [3.05, 3.63) is 48.0 Å². The Hall–Kier alpha value is -2.36. The summed E-state index contributed by atoms with van der Waals surface area (Å²) < 4.78 is 17.0. The lowest BCUT2D eigenvalue weighted by Gasteiger charge is -2.28. The minimum absolute atomic E-state index is 0.126. The Morgan fingerprint density at radius 3 is 2.65 bits per heavy atom. The zero-order chi connectivity index (χ0) is 13.4. The number of hydrogen-bond donors (Lipinski definition) is 1. The first kappa shape index (κ1) is 11.5. The molecule has 102 valence electrons. The summed E-state index contributed by atoms with van der Waals surface area (Å²) in [7, 11) is 0. The zero-order valence-electron chi connectivity index (χ0n) is 11.0. The van der Waals surface area contributed by atoms with Crippen LogP contribution >= 0.6 is 0 Å². The SMILES string of the molecule is c1ccc2c(c1)NC(c1ccc3c(c1)OCCO3)CO2. The van der Waals surface area contributed by atoms with Crippen LogP contribution in [0.2, 0.25) is 0 Å². The summed E-state index contributed by atoms with van der Waals surface area (Å²) >= 11 is 0. The van der Waals surface area contributed by atoms with Gasteiger partial charge in [0, 0.05) is 0 Å². The van der Waals surface area contributed by atoms with E-state index in [9.17, 15) is 0 Å². The highest BCUT2D eigenvalue weighted by Crippen LogP contribution is 2.37. The summed E-state index contributed by atoms with van der Waals surface area (Å²) in [6.45, 7) is 1.83. The topological polar surface area (TPSA) is 39.7 Å². The van der Waals surface area contributed by atoms with E-state index >= 15 is 0 Å². The Balaban J connectivity index is 1.63. The minimum Gasteiger partial charge on any atom is -0.489 e. The van der Waals surface area contributed by atoms with E-state index < -0.39 is 0 Å². The molecule has 2 aliphatic heterocycles. The van der Waals surface area contributed by atoms with E-state index in [4.69, 9.17) is 14.2 Å². The molecule has 2 aromatic carbocycles. The quantitative estimate of drug-likeness (QED) is 0.864. The van der Waals surface area contributed by atoms with Gasteiger partial charge in [0.1, 0.15) is 25.6 Å². The van der Waals surface area contributed by atoms with Crippen LogP contribution in [0.4, 0.5) is 5.69 Å². The average molecular weight is 269 g/mol. The lowest BCUT2D eigenvalue weighted by Crippen LogP contribution is -2.24. The van der Waals surface area contributed by atoms with E-state index in [-0.39, 0.29) is 6.04 Å². The predicted molar refractivity (Wildman–Crippen MR) is 75.7 cm³/mol. The van der Waals surface area contributed by atoms with Crippen molar-refractivity contribution in [2.24, 2.45) is 0 Å². The first-order valence-corrected chi connectivity index (χ1v) is 6.78. The molecule has 20 heavy (non-hydrogen) atoms. The van der Waals surface area contributed by atoms with Crippen LogP contribution in [-0.2, 0) is 0 Å². The Bertz CT molecular complexity index is 641. The molecule has 2 aliphatic rings. The van der Waals surface area contributed by atoms with Crippen molar-refractivity contribution in [1.82, 2.24) is 0 Å². The summed E-state index contributed by atoms with van der Waals surface area (Å²) in [4.78, 5) is 0. The van der Waals surface area contributed by atoms with Gasteiger partial charge >= 0.3 is 0 Å². The average Bonchev–Trinajstić information content (AvgIpc) is 2.54. The van der Waals surface area contributed by atoms with Gasteiger partial charge < -0.3 is 19.5 Å². The van der Waals surface area contributed by atoms with Crippen molar-refractivity contribution in [3.8, 4) is 17.2 Å². The second-order valence-electron chi connectivity index (χ2n) is 4.91. The van der Waals surface area contributed by atoms with Gasteiger partial charge in [-0.25, -0.2) is 0 Å². The second kappa shape index (κ2) is 4.63. The molecule has 0 aromatic heterocycles. The second-order valence-corrected chi connectivity index (χ2v) is 4.91. The summed E-state index contributed by atoms with van der Waals surface area (Å²) in [5.41, 5.74) is 2.17. The highest BCUT2D eigenvalue weighted by molar-refractivity contribution is 5.59. The molecule has 1 N–H and O–H groups in total. The summed E-state index contributed by atoms with van der Waals surface area (Å²) in [6.07, 6.45) is 0. The predicted octanol–water partition coefficient (Wildman–Crippen LogP) is 3.00. The fourth-order valence-electron chi connectivity index (χ4n) is 2.57. The molecule has 0 radical (unpaired) electrons. The van der Waals surface area contributed by atoms with E-state index in [1.54, 1.807) is 0 Å². The van der Waals surface area contributed by atoms with Crippen LogP contribution < -0.4 is 19.5 Å². The molecule has 0 aliphatic carbocycles. The van der Waals surface area contributed by atoms with Gasteiger partial charge in [-0.1, -0.05) is 18.2 Å². The van der Waals surface area contributed by atoms with Crippen molar-refractivity contribution < 1.29 is 14.2 Å². The van der Waals surface area contributed by atoms with Crippen molar-refractivity contribution >= 4 is 5.69 Å². The zero-order valence-corrected chi connectivity index (χ0v) is 11.0. The molecular formula is C16H15NO3. The number of ether oxygens (including phenoxy) is 3. The highest BCUT2D eigenvalue weighted by atomic mass is 16.6. The first-order valence-electron chi connectivity index (χ1n) is 6.78. The highest BCUT2D eigenvalue weighted by Gasteiger charge is 2.22. The van der Waals surface area contributed by atoms with Gasteiger partial charge in [-0.2, -0.15) is 0 Å². The lowest BCUT2D eigenvalue weighted by molar-refractivity contribution is 0.171. The number of para-hydroxylation sites is 2. The minimum atomic E-state index is 0.126. The maximum Gasteiger partial charge on any atom is 0.161 e. The molecule has 2 heterocycles. The molecule has 0 amide bonds. The van der Waals surface area contributed by atoms with E-state index in [1.165, 1.54) is 0 Å². The molecule has 0 saturated heterocycles. The Morgan fingerprint density at radius 2 is 1.70 bits per heavy atom. The van der Waals surface area contributed by atoms with Crippen molar-refractivity contribution in [1.29, 1.82) is 0 Å². The Labute approximate surface area is 117 Å². The van der Waals surface area contributed by atoms with Gasteiger partial charge in [0.05, 0.1) is 11.7 Å². The molecule has 0 spiro atoms. The molecule has 4 nitrogen and oxygen atoms in total. The van der Waals surface area contributed by atoms with Crippen molar-refractivity contribution in [2.45, 2.75) is 6.04 Å².